The Kier molecular flexibility index (Phi) is 6.23. The van der Waals surface area contributed by atoms with Gasteiger partial charge in [-0.25, -0.2) is 0 Å². The van der Waals surface area contributed by atoms with Gasteiger partial charge in [0.2, 0.25) is 0 Å². The van der Waals surface area contributed by atoms with E-state index in [-0.39, 0.29) is 11.7 Å². The molecule has 0 amide bonds. The fourth-order valence-electron chi connectivity index (χ4n) is 2.40. The lowest BCUT2D eigenvalue weighted by molar-refractivity contribution is -0.0654. The summed E-state index contributed by atoms with van der Waals surface area (Å²) in [6.45, 7) is 9.34. The first-order chi connectivity index (χ1) is 11.0. The molecule has 0 radical (unpaired) electrons. The van der Waals surface area contributed by atoms with Gasteiger partial charge in [0.05, 0.1) is 6.61 Å². The second-order valence-electron chi connectivity index (χ2n) is 6.55. The first kappa shape index (κ1) is 17.6. The fraction of sp³-hybridized carbons (Fsp3) is 0.429. The molecule has 2 aromatic carbocycles. The molecule has 23 heavy (non-hydrogen) atoms. The highest BCUT2D eigenvalue weighted by molar-refractivity contribution is 5.31. The highest BCUT2D eigenvalue weighted by atomic mass is 16.7. The Morgan fingerprint density at radius 1 is 0.957 bits per heavy atom. The molecule has 1 atom stereocenters. The van der Waals surface area contributed by atoms with E-state index in [0.717, 1.165) is 18.6 Å². The van der Waals surface area contributed by atoms with Gasteiger partial charge in [0.15, 0.2) is 6.29 Å². The summed E-state index contributed by atoms with van der Waals surface area (Å²) in [5, 5.41) is 0. The zero-order valence-electron chi connectivity index (χ0n) is 14.7. The first-order valence-electron chi connectivity index (χ1n) is 8.44. The van der Waals surface area contributed by atoms with Crippen molar-refractivity contribution in [1.82, 2.24) is 0 Å². The first-order valence-corrected chi connectivity index (χ1v) is 8.44. The molecule has 124 valence electrons. The van der Waals surface area contributed by atoms with Gasteiger partial charge in [0.1, 0.15) is 5.75 Å². The highest BCUT2D eigenvalue weighted by Crippen LogP contribution is 2.28. The van der Waals surface area contributed by atoms with Gasteiger partial charge < -0.3 is 9.47 Å². The molecule has 0 aliphatic rings. The topological polar surface area (TPSA) is 18.5 Å². The Hall–Kier alpha value is -1.80. The fourth-order valence-corrected chi connectivity index (χ4v) is 2.40. The number of benzene rings is 2. The van der Waals surface area contributed by atoms with Crippen molar-refractivity contribution in [3.8, 4) is 5.75 Å². The largest absolute Gasteiger partial charge is 0.465 e. The zero-order chi connectivity index (χ0) is 16.7. The van der Waals surface area contributed by atoms with Crippen LogP contribution in [-0.4, -0.2) is 12.9 Å². The van der Waals surface area contributed by atoms with Crippen LogP contribution in [0.25, 0.3) is 0 Å². The smallest absolute Gasteiger partial charge is 0.196 e. The molecule has 0 aromatic heterocycles. The molecule has 0 fully saturated rings. The number of hydrogen-bond acceptors (Lipinski definition) is 2. The minimum atomic E-state index is -0.247. The molecule has 2 heteroatoms. The average Bonchev–Trinajstić information content (AvgIpc) is 2.56. The van der Waals surface area contributed by atoms with E-state index in [9.17, 15) is 0 Å². The van der Waals surface area contributed by atoms with E-state index in [4.69, 9.17) is 9.47 Å². The minimum absolute atomic E-state index is 0.205. The average molecular weight is 312 g/mol. The second kappa shape index (κ2) is 8.16. The molecule has 0 heterocycles. The number of ether oxygens (including phenoxy) is 2. The summed E-state index contributed by atoms with van der Waals surface area (Å²) in [6.07, 6.45) is 1.77. The van der Waals surface area contributed by atoms with Gasteiger partial charge in [-0.15, -0.1) is 0 Å². The second-order valence-corrected chi connectivity index (χ2v) is 6.55. The normalized spacial score (nSPS) is 12.9. The SMILES string of the molecule is CCC(C)(C)c1ccc(OC(C)OCCc2ccccc2)cc1. The molecule has 0 spiro atoms. The molecule has 0 saturated carbocycles. The monoisotopic (exact) mass is 312 g/mol. The van der Waals surface area contributed by atoms with Gasteiger partial charge in [-0.05, 0) is 48.4 Å². The summed E-state index contributed by atoms with van der Waals surface area (Å²) in [6, 6.07) is 18.7. The summed E-state index contributed by atoms with van der Waals surface area (Å²) in [4.78, 5) is 0. The van der Waals surface area contributed by atoms with Crippen molar-refractivity contribution in [2.24, 2.45) is 0 Å². The van der Waals surface area contributed by atoms with Crippen LogP contribution in [-0.2, 0) is 16.6 Å². The van der Waals surface area contributed by atoms with Crippen molar-refractivity contribution in [2.75, 3.05) is 6.61 Å². The van der Waals surface area contributed by atoms with Gasteiger partial charge in [-0.3, -0.25) is 0 Å². The molecule has 1 unspecified atom stereocenters. The maximum absolute atomic E-state index is 5.83. The van der Waals surface area contributed by atoms with Crippen LogP contribution < -0.4 is 4.74 Å². The maximum Gasteiger partial charge on any atom is 0.196 e. The molecule has 0 bridgehead atoms. The molecule has 0 aliphatic heterocycles. The zero-order valence-corrected chi connectivity index (χ0v) is 14.7. The van der Waals surface area contributed by atoms with Gasteiger partial charge in [0.25, 0.3) is 0 Å². The van der Waals surface area contributed by atoms with E-state index in [1.165, 1.54) is 11.1 Å². The highest BCUT2D eigenvalue weighted by Gasteiger charge is 2.17. The van der Waals surface area contributed by atoms with E-state index < -0.39 is 0 Å². The summed E-state index contributed by atoms with van der Waals surface area (Å²) in [5.74, 6) is 0.855. The predicted octanol–water partition coefficient (Wildman–Crippen LogP) is 5.36. The lowest BCUT2D eigenvalue weighted by atomic mass is 9.82. The van der Waals surface area contributed by atoms with E-state index in [2.05, 4.69) is 57.2 Å². The molecule has 0 aliphatic carbocycles. The van der Waals surface area contributed by atoms with Crippen molar-refractivity contribution < 1.29 is 9.47 Å². The molecule has 2 aromatic rings. The third-order valence-corrected chi connectivity index (χ3v) is 4.41. The summed E-state index contributed by atoms with van der Waals surface area (Å²) in [7, 11) is 0. The van der Waals surface area contributed by atoms with E-state index >= 15 is 0 Å². The van der Waals surface area contributed by atoms with Crippen LogP contribution in [0.4, 0.5) is 0 Å². The molecule has 0 saturated heterocycles. The van der Waals surface area contributed by atoms with Gasteiger partial charge in [-0.1, -0.05) is 63.2 Å². The van der Waals surface area contributed by atoms with Gasteiger partial charge >= 0.3 is 0 Å². The van der Waals surface area contributed by atoms with E-state index in [0.29, 0.717) is 6.61 Å². The third-order valence-electron chi connectivity index (χ3n) is 4.41. The van der Waals surface area contributed by atoms with Crippen LogP contribution in [0, 0.1) is 0 Å². The Balaban J connectivity index is 1.80. The van der Waals surface area contributed by atoms with Crippen LogP contribution in [0.1, 0.15) is 45.2 Å². The summed E-state index contributed by atoms with van der Waals surface area (Å²) >= 11 is 0. The summed E-state index contributed by atoms with van der Waals surface area (Å²) < 4.78 is 11.6. The Morgan fingerprint density at radius 2 is 1.61 bits per heavy atom. The Labute approximate surface area is 140 Å². The van der Waals surface area contributed by atoms with Crippen LogP contribution in [0.15, 0.2) is 54.6 Å². The maximum atomic E-state index is 5.83. The number of rotatable bonds is 8. The van der Waals surface area contributed by atoms with Crippen LogP contribution in [0.3, 0.4) is 0 Å². The molecule has 2 nitrogen and oxygen atoms in total. The van der Waals surface area contributed by atoms with Crippen molar-refractivity contribution in [2.45, 2.75) is 52.2 Å². The number of hydrogen-bond donors (Lipinski definition) is 0. The van der Waals surface area contributed by atoms with Crippen LogP contribution in [0.5, 0.6) is 5.75 Å². The quantitative estimate of drug-likeness (QED) is 0.611. The van der Waals surface area contributed by atoms with Crippen molar-refractivity contribution in [3.05, 3.63) is 65.7 Å². The lowest BCUT2D eigenvalue weighted by Gasteiger charge is -2.23. The van der Waals surface area contributed by atoms with Crippen molar-refractivity contribution >= 4 is 0 Å². The molecular formula is C21H28O2. The predicted molar refractivity (Wildman–Crippen MR) is 95.9 cm³/mol. The van der Waals surface area contributed by atoms with E-state index in [1.807, 2.05) is 25.1 Å². The third kappa shape index (κ3) is 5.40. The van der Waals surface area contributed by atoms with Crippen molar-refractivity contribution in [1.29, 1.82) is 0 Å². The minimum Gasteiger partial charge on any atom is -0.465 e. The Bertz CT molecular complexity index is 573. The van der Waals surface area contributed by atoms with Gasteiger partial charge in [0, 0.05) is 0 Å². The van der Waals surface area contributed by atoms with E-state index in [1.54, 1.807) is 0 Å². The van der Waals surface area contributed by atoms with Crippen LogP contribution in [0.2, 0.25) is 0 Å². The standard InChI is InChI=1S/C21H28O2/c1-5-21(3,4)19-11-13-20(14-12-19)23-17(2)22-16-15-18-9-7-6-8-10-18/h6-14,17H,5,15-16H2,1-4H3. The van der Waals surface area contributed by atoms with Crippen LogP contribution >= 0.6 is 0 Å². The molecule has 0 N–H and O–H groups in total. The van der Waals surface area contributed by atoms with Gasteiger partial charge in [-0.2, -0.15) is 0 Å². The summed E-state index contributed by atoms with van der Waals surface area (Å²) in [5.41, 5.74) is 2.83. The lowest BCUT2D eigenvalue weighted by Crippen LogP contribution is -2.18. The molecular weight excluding hydrogens is 284 g/mol. The molecule has 2 rings (SSSR count). The van der Waals surface area contributed by atoms with Crippen molar-refractivity contribution in [3.63, 3.8) is 0 Å². The Morgan fingerprint density at radius 3 is 2.22 bits per heavy atom.